The molecule has 5 heteroatoms. The fourth-order valence-electron chi connectivity index (χ4n) is 2.37. The van der Waals surface area contributed by atoms with E-state index in [4.69, 9.17) is 11.6 Å². The molecule has 2 rings (SSSR count). The largest absolute Gasteiger partial charge is 0.356 e. The molecule has 3 nitrogen and oxygen atoms in total. The number of amides is 1. The van der Waals surface area contributed by atoms with E-state index in [-0.39, 0.29) is 18.3 Å². The van der Waals surface area contributed by atoms with E-state index in [1.165, 1.54) is 6.42 Å². The van der Waals surface area contributed by atoms with Crippen LogP contribution < -0.4 is 10.6 Å². The van der Waals surface area contributed by atoms with Gasteiger partial charge in [0.2, 0.25) is 5.91 Å². The van der Waals surface area contributed by atoms with E-state index in [2.05, 4.69) is 10.6 Å². The van der Waals surface area contributed by atoms with Crippen LogP contribution >= 0.6 is 24.0 Å². The van der Waals surface area contributed by atoms with Crippen molar-refractivity contribution in [2.24, 2.45) is 5.92 Å². The van der Waals surface area contributed by atoms with Gasteiger partial charge in [0.1, 0.15) is 0 Å². The van der Waals surface area contributed by atoms with Gasteiger partial charge in [0, 0.05) is 18.0 Å². The molecule has 20 heavy (non-hydrogen) atoms. The van der Waals surface area contributed by atoms with Crippen LogP contribution in [0, 0.1) is 5.92 Å². The first-order valence-electron chi connectivity index (χ1n) is 6.96. The first-order valence-corrected chi connectivity index (χ1v) is 7.33. The molecule has 0 aliphatic carbocycles. The zero-order valence-corrected chi connectivity index (χ0v) is 13.1. The number of halogens is 2. The highest BCUT2D eigenvalue weighted by atomic mass is 35.5. The average Bonchev–Trinajstić information content (AvgIpc) is 2.91. The molecule has 1 saturated heterocycles. The fraction of sp³-hybridized carbons (Fsp3) is 0.533. The van der Waals surface area contributed by atoms with Gasteiger partial charge < -0.3 is 10.6 Å². The number of rotatable bonds is 6. The third-order valence-electron chi connectivity index (χ3n) is 3.59. The van der Waals surface area contributed by atoms with Crippen molar-refractivity contribution in [3.05, 3.63) is 34.9 Å². The van der Waals surface area contributed by atoms with Gasteiger partial charge >= 0.3 is 0 Å². The maximum absolute atomic E-state index is 11.7. The van der Waals surface area contributed by atoms with Crippen molar-refractivity contribution in [1.29, 1.82) is 0 Å². The molecule has 0 spiro atoms. The standard InChI is InChI=1S/C15H21ClN2O.ClH/c16-14-4-1-12(2-5-14)3-6-15(19)18-10-8-13-7-9-17-11-13;/h1-2,4-5,13,17H,3,6-11H2,(H,18,19);1H. The number of carbonyl (C=O) groups excluding carboxylic acids is 1. The van der Waals surface area contributed by atoms with Crippen LogP contribution in [-0.4, -0.2) is 25.5 Å². The molecule has 2 N–H and O–H groups in total. The summed E-state index contributed by atoms with van der Waals surface area (Å²) in [6.07, 6.45) is 3.64. The fourth-order valence-corrected chi connectivity index (χ4v) is 2.50. The molecule has 1 heterocycles. The highest BCUT2D eigenvalue weighted by molar-refractivity contribution is 6.30. The summed E-state index contributed by atoms with van der Waals surface area (Å²) < 4.78 is 0. The Hall–Kier alpha value is -0.770. The number of carbonyl (C=O) groups is 1. The smallest absolute Gasteiger partial charge is 0.220 e. The Kier molecular flexibility index (Phi) is 7.97. The Labute approximate surface area is 131 Å². The van der Waals surface area contributed by atoms with Gasteiger partial charge in [0.25, 0.3) is 0 Å². The van der Waals surface area contributed by atoms with Gasteiger partial charge in [-0.15, -0.1) is 12.4 Å². The van der Waals surface area contributed by atoms with Gasteiger partial charge in [0.15, 0.2) is 0 Å². The summed E-state index contributed by atoms with van der Waals surface area (Å²) in [5.74, 6) is 0.873. The van der Waals surface area contributed by atoms with Crippen LogP contribution in [0.1, 0.15) is 24.8 Å². The quantitative estimate of drug-likeness (QED) is 0.847. The lowest BCUT2D eigenvalue weighted by Crippen LogP contribution is -2.26. The van der Waals surface area contributed by atoms with Crippen molar-refractivity contribution < 1.29 is 4.79 Å². The normalized spacial score (nSPS) is 17.6. The van der Waals surface area contributed by atoms with Crippen molar-refractivity contribution in [2.75, 3.05) is 19.6 Å². The molecule has 1 amide bonds. The maximum Gasteiger partial charge on any atom is 0.220 e. The van der Waals surface area contributed by atoms with E-state index in [1.807, 2.05) is 24.3 Å². The second kappa shape index (κ2) is 9.22. The molecule has 1 aliphatic rings. The summed E-state index contributed by atoms with van der Waals surface area (Å²) >= 11 is 5.82. The number of hydrogen-bond acceptors (Lipinski definition) is 2. The number of aryl methyl sites for hydroxylation is 1. The van der Waals surface area contributed by atoms with Gasteiger partial charge in [-0.05, 0) is 56.0 Å². The van der Waals surface area contributed by atoms with E-state index in [1.54, 1.807) is 0 Å². The Bertz CT molecular complexity index is 403. The molecule has 1 aliphatic heterocycles. The molecule has 0 bridgehead atoms. The molecule has 0 radical (unpaired) electrons. The molecule has 1 atom stereocenters. The lowest BCUT2D eigenvalue weighted by molar-refractivity contribution is -0.121. The van der Waals surface area contributed by atoms with Crippen LogP contribution in [0.15, 0.2) is 24.3 Å². The second-order valence-electron chi connectivity index (χ2n) is 5.12. The van der Waals surface area contributed by atoms with E-state index in [0.29, 0.717) is 6.42 Å². The van der Waals surface area contributed by atoms with Crippen LogP contribution in [0.3, 0.4) is 0 Å². The minimum absolute atomic E-state index is 0. The highest BCUT2D eigenvalue weighted by Gasteiger charge is 2.13. The van der Waals surface area contributed by atoms with Crippen LogP contribution in [0.25, 0.3) is 0 Å². The minimum Gasteiger partial charge on any atom is -0.356 e. The number of hydrogen-bond donors (Lipinski definition) is 2. The summed E-state index contributed by atoms with van der Waals surface area (Å²) in [5.41, 5.74) is 1.15. The third kappa shape index (κ3) is 6.12. The molecule has 0 aromatic heterocycles. The monoisotopic (exact) mass is 316 g/mol. The van der Waals surface area contributed by atoms with Crippen LogP contribution in [-0.2, 0) is 11.2 Å². The average molecular weight is 317 g/mol. The lowest BCUT2D eigenvalue weighted by atomic mass is 10.1. The van der Waals surface area contributed by atoms with E-state index in [9.17, 15) is 4.79 Å². The van der Waals surface area contributed by atoms with Crippen LogP contribution in [0.4, 0.5) is 0 Å². The van der Waals surface area contributed by atoms with Gasteiger partial charge in [-0.2, -0.15) is 0 Å². The molecular formula is C15H22Cl2N2O. The lowest BCUT2D eigenvalue weighted by Gasteiger charge is -2.09. The predicted octanol–water partition coefficient (Wildman–Crippen LogP) is 2.81. The van der Waals surface area contributed by atoms with E-state index < -0.39 is 0 Å². The molecule has 0 saturated carbocycles. The van der Waals surface area contributed by atoms with Gasteiger partial charge in [-0.25, -0.2) is 0 Å². The molecule has 1 unspecified atom stereocenters. The van der Waals surface area contributed by atoms with Crippen LogP contribution in [0.5, 0.6) is 0 Å². The number of nitrogens with one attached hydrogen (secondary N) is 2. The Morgan fingerprint density at radius 1 is 1.35 bits per heavy atom. The van der Waals surface area contributed by atoms with Gasteiger partial charge in [0.05, 0.1) is 0 Å². The first-order chi connectivity index (χ1) is 9.24. The Morgan fingerprint density at radius 2 is 2.10 bits per heavy atom. The van der Waals surface area contributed by atoms with Crippen LogP contribution in [0.2, 0.25) is 5.02 Å². The summed E-state index contributed by atoms with van der Waals surface area (Å²) in [6.45, 7) is 3.02. The third-order valence-corrected chi connectivity index (χ3v) is 3.84. The summed E-state index contributed by atoms with van der Waals surface area (Å²) in [5, 5.41) is 7.07. The van der Waals surface area contributed by atoms with Crippen molar-refractivity contribution in [2.45, 2.75) is 25.7 Å². The summed E-state index contributed by atoms with van der Waals surface area (Å²) in [7, 11) is 0. The van der Waals surface area contributed by atoms with E-state index in [0.717, 1.165) is 49.0 Å². The van der Waals surface area contributed by atoms with E-state index >= 15 is 0 Å². The highest BCUT2D eigenvalue weighted by Crippen LogP contribution is 2.12. The molecule has 1 aromatic carbocycles. The number of benzene rings is 1. The molecule has 1 aromatic rings. The van der Waals surface area contributed by atoms with Crippen molar-refractivity contribution >= 4 is 29.9 Å². The van der Waals surface area contributed by atoms with Gasteiger partial charge in [-0.3, -0.25) is 4.79 Å². The Balaban J connectivity index is 0.00000200. The summed E-state index contributed by atoms with van der Waals surface area (Å²) in [4.78, 5) is 11.7. The molecule has 112 valence electrons. The van der Waals surface area contributed by atoms with Gasteiger partial charge in [-0.1, -0.05) is 23.7 Å². The first kappa shape index (κ1) is 17.3. The second-order valence-corrected chi connectivity index (χ2v) is 5.56. The summed E-state index contributed by atoms with van der Waals surface area (Å²) in [6, 6.07) is 7.67. The minimum atomic E-state index is 0. The zero-order valence-electron chi connectivity index (χ0n) is 11.5. The zero-order chi connectivity index (χ0) is 13.5. The van der Waals surface area contributed by atoms with Crippen molar-refractivity contribution in [3.8, 4) is 0 Å². The van der Waals surface area contributed by atoms with Crippen molar-refractivity contribution in [3.63, 3.8) is 0 Å². The molecule has 1 fully saturated rings. The predicted molar refractivity (Wildman–Crippen MR) is 85.6 cm³/mol. The maximum atomic E-state index is 11.7. The molecular weight excluding hydrogens is 295 g/mol. The van der Waals surface area contributed by atoms with Crippen molar-refractivity contribution in [1.82, 2.24) is 10.6 Å². The SMILES string of the molecule is Cl.O=C(CCc1ccc(Cl)cc1)NCCC1CCNC1. The topological polar surface area (TPSA) is 41.1 Å². The Morgan fingerprint density at radius 3 is 2.75 bits per heavy atom.